The molecule has 1 aliphatic heterocycles. The average molecular weight is 297 g/mol. The molecule has 2 aromatic carbocycles. The molecule has 22 heavy (non-hydrogen) atoms. The van der Waals surface area contributed by atoms with Gasteiger partial charge >= 0.3 is 0 Å². The van der Waals surface area contributed by atoms with Gasteiger partial charge in [0.05, 0.1) is 5.41 Å². The number of likely N-dealkylation sites (N-methyl/N-ethyl adjacent to an activating group) is 1. The molecule has 1 aliphatic rings. The first-order valence-electron chi connectivity index (χ1n) is 7.10. The fourth-order valence-corrected chi connectivity index (χ4v) is 3.06. The number of anilines is 1. The first kappa shape index (κ1) is 14.4. The second kappa shape index (κ2) is 5.05. The Morgan fingerprint density at radius 1 is 1.18 bits per heavy atom. The van der Waals surface area contributed by atoms with Crippen molar-refractivity contribution in [3.63, 3.8) is 0 Å². The van der Waals surface area contributed by atoms with Gasteiger partial charge in [-0.05, 0) is 30.7 Å². The highest BCUT2D eigenvalue weighted by Crippen LogP contribution is 2.43. The van der Waals surface area contributed by atoms with Crippen LogP contribution in [-0.2, 0) is 10.2 Å². The van der Waals surface area contributed by atoms with Crippen molar-refractivity contribution >= 4 is 17.4 Å². The maximum atomic E-state index is 13.6. The summed E-state index contributed by atoms with van der Waals surface area (Å²) in [6.07, 6.45) is 0.0244. The van der Waals surface area contributed by atoms with Crippen molar-refractivity contribution in [1.82, 2.24) is 0 Å². The molecule has 0 saturated carbocycles. The largest absolute Gasteiger partial charge is 0.314 e. The van der Waals surface area contributed by atoms with Gasteiger partial charge in [0.25, 0.3) is 0 Å². The predicted molar refractivity (Wildman–Crippen MR) is 82.6 cm³/mol. The molecule has 0 fully saturated rings. The Morgan fingerprint density at radius 3 is 2.55 bits per heavy atom. The highest BCUT2D eigenvalue weighted by molar-refractivity contribution is 6.11. The van der Waals surface area contributed by atoms with Crippen molar-refractivity contribution < 1.29 is 14.0 Å². The summed E-state index contributed by atoms with van der Waals surface area (Å²) >= 11 is 0. The average Bonchev–Trinajstić information content (AvgIpc) is 2.70. The first-order chi connectivity index (χ1) is 10.4. The molecule has 112 valence electrons. The molecule has 0 unspecified atom stereocenters. The number of Topliss-reactive ketones (excluding diaryl/α,β-unsaturated/α-hetero) is 1. The van der Waals surface area contributed by atoms with E-state index in [9.17, 15) is 14.0 Å². The van der Waals surface area contributed by atoms with E-state index in [0.29, 0.717) is 16.8 Å². The number of hydrogen-bond acceptors (Lipinski definition) is 2. The van der Waals surface area contributed by atoms with E-state index in [0.717, 1.165) is 0 Å². The topological polar surface area (TPSA) is 37.4 Å². The zero-order valence-electron chi connectivity index (χ0n) is 12.5. The van der Waals surface area contributed by atoms with Crippen LogP contribution in [0.2, 0.25) is 0 Å². The molecule has 0 bridgehead atoms. The van der Waals surface area contributed by atoms with Crippen molar-refractivity contribution in [3.8, 4) is 0 Å². The minimum Gasteiger partial charge on any atom is -0.314 e. The van der Waals surface area contributed by atoms with Gasteiger partial charge in [-0.3, -0.25) is 9.59 Å². The Hall–Kier alpha value is -2.49. The summed E-state index contributed by atoms with van der Waals surface area (Å²) in [6, 6.07) is 13.1. The minimum atomic E-state index is -1.03. The van der Waals surface area contributed by atoms with Crippen molar-refractivity contribution in [2.75, 3.05) is 11.9 Å². The van der Waals surface area contributed by atoms with Gasteiger partial charge in [0.15, 0.2) is 5.78 Å². The lowest BCUT2D eigenvalue weighted by molar-refractivity contribution is -0.122. The van der Waals surface area contributed by atoms with Crippen molar-refractivity contribution in [2.45, 2.75) is 18.8 Å². The van der Waals surface area contributed by atoms with E-state index in [1.807, 2.05) is 6.07 Å². The van der Waals surface area contributed by atoms with Crippen molar-refractivity contribution in [3.05, 3.63) is 65.5 Å². The van der Waals surface area contributed by atoms with E-state index in [1.54, 1.807) is 44.3 Å². The zero-order chi connectivity index (χ0) is 15.9. The molecule has 3 rings (SSSR count). The summed E-state index contributed by atoms with van der Waals surface area (Å²) in [6.45, 7) is 1.71. The lowest BCUT2D eigenvalue weighted by Gasteiger charge is -2.22. The van der Waals surface area contributed by atoms with E-state index in [-0.39, 0.29) is 18.1 Å². The number of amides is 1. The monoisotopic (exact) mass is 297 g/mol. The smallest absolute Gasteiger partial charge is 0.237 e. The van der Waals surface area contributed by atoms with Crippen LogP contribution in [0.15, 0.2) is 48.5 Å². The number of rotatable bonds is 3. The number of benzene rings is 2. The van der Waals surface area contributed by atoms with Crippen LogP contribution in [0.1, 0.15) is 29.3 Å². The summed E-state index contributed by atoms with van der Waals surface area (Å²) in [5, 5.41) is 0. The number of ketones is 1. The first-order valence-corrected chi connectivity index (χ1v) is 7.10. The number of carbonyl (C=O) groups is 2. The third-order valence-electron chi connectivity index (χ3n) is 4.30. The van der Waals surface area contributed by atoms with Gasteiger partial charge in [-0.1, -0.05) is 30.3 Å². The molecule has 0 radical (unpaired) electrons. The highest BCUT2D eigenvalue weighted by Gasteiger charge is 2.47. The molecule has 2 aromatic rings. The molecule has 0 spiro atoms. The Morgan fingerprint density at radius 2 is 1.86 bits per heavy atom. The Kier molecular flexibility index (Phi) is 3.32. The predicted octanol–water partition coefficient (Wildman–Crippen LogP) is 3.33. The number of halogens is 1. The number of hydrogen-bond donors (Lipinski definition) is 0. The van der Waals surface area contributed by atoms with Gasteiger partial charge in [0, 0.05) is 24.7 Å². The van der Waals surface area contributed by atoms with E-state index in [4.69, 9.17) is 0 Å². The normalized spacial score (nSPS) is 20.1. The number of nitrogens with zero attached hydrogens (tertiary/aromatic N) is 1. The Labute approximate surface area is 128 Å². The van der Waals surface area contributed by atoms with Gasteiger partial charge in [-0.2, -0.15) is 0 Å². The fourth-order valence-electron chi connectivity index (χ4n) is 3.06. The third kappa shape index (κ3) is 2.11. The second-order valence-electron chi connectivity index (χ2n) is 5.82. The van der Waals surface area contributed by atoms with Gasteiger partial charge in [0.1, 0.15) is 5.82 Å². The SMILES string of the molecule is CN1C(=O)[C@](C)(CC(=O)c2ccccc2)c2cc(F)ccc21. The lowest BCUT2D eigenvalue weighted by atomic mass is 9.78. The molecule has 4 heteroatoms. The van der Waals surface area contributed by atoms with Crippen LogP contribution >= 0.6 is 0 Å². The Bertz CT molecular complexity index is 757. The van der Waals surface area contributed by atoms with E-state index >= 15 is 0 Å². The minimum absolute atomic E-state index is 0.0244. The molecule has 0 saturated heterocycles. The maximum Gasteiger partial charge on any atom is 0.237 e. The Balaban J connectivity index is 2.01. The second-order valence-corrected chi connectivity index (χ2v) is 5.82. The molecule has 0 N–H and O–H groups in total. The zero-order valence-corrected chi connectivity index (χ0v) is 12.5. The molecule has 1 amide bonds. The summed E-state index contributed by atoms with van der Waals surface area (Å²) < 4.78 is 13.6. The van der Waals surface area contributed by atoms with E-state index in [2.05, 4.69) is 0 Å². The van der Waals surface area contributed by atoms with Gasteiger partial charge < -0.3 is 4.90 Å². The summed E-state index contributed by atoms with van der Waals surface area (Å²) in [7, 11) is 1.65. The summed E-state index contributed by atoms with van der Waals surface area (Å²) in [5.74, 6) is -0.709. The standard InChI is InChI=1S/C18H16FNO2/c1-18(11-16(21)12-6-4-3-5-7-12)14-10-13(19)8-9-15(14)20(2)17(18)22/h3-10H,11H2,1-2H3/t18-/m1/s1. The van der Waals surface area contributed by atoms with Crippen molar-refractivity contribution in [2.24, 2.45) is 0 Å². The van der Waals surface area contributed by atoms with Gasteiger partial charge in [0.2, 0.25) is 5.91 Å². The molecule has 1 atom stereocenters. The van der Waals surface area contributed by atoms with Crippen LogP contribution in [0.5, 0.6) is 0 Å². The molecular formula is C18H16FNO2. The number of fused-ring (bicyclic) bond motifs is 1. The van der Waals surface area contributed by atoms with Crippen LogP contribution in [0.4, 0.5) is 10.1 Å². The number of carbonyl (C=O) groups excluding carboxylic acids is 2. The molecular weight excluding hydrogens is 281 g/mol. The van der Waals surface area contributed by atoms with Crippen LogP contribution in [0, 0.1) is 5.82 Å². The van der Waals surface area contributed by atoms with E-state index in [1.165, 1.54) is 17.0 Å². The van der Waals surface area contributed by atoms with E-state index < -0.39 is 11.2 Å². The molecule has 0 aromatic heterocycles. The fraction of sp³-hybridized carbons (Fsp3) is 0.222. The van der Waals surface area contributed by atoms with Gasteiger partial charge in [-0.15, -0.1) is 0 Å². The maximum absolute atomic E-state index is 13.6. The third-order valence-corrected chi connectivity index (χ3v) is 4.30. The van der Waals surface area contributed by atoms with Crippen LogP contribution in [0.3, 0.4) is 0 Å². The molecule has 0 aliphatic carbocycles. The summed E-state index contributed by atoms with van der Waals surface area (Å²) in [4.78, 5) is 26.6. The van der Waals surface area contributed by atoms with Gasteiger partial charge in [-0.25, -0.2) is 4.39 Å². The molecule has 1 heterocycles. The van der Waals surface area contributed by atoms with Crippen LogP contribution in [0.25, 0.3) is 0 Å². The summed E-state index contributed by atoms with van der Waals surface area (Å²) in [5.41, 5.74) is 0.766. The quantitative estimate of drug-likeness (QED) is 0.815. The van der Waals surface area contributed by atoms with Crippen LogP contribution in [-0.4, -0.2) is 18.7 Å². The highest BCUT2D eigenvalue weighted by atomic mass is 19.1. The van der Waals surface area contributed by atoms with Crippen LogP contribution < -0.4 is 4.90 Å². The molecule has 3 nitrogen and oxygen atoms in total. The lowest BCUT2D eigenvalue weighted by Crippen LogP contribution is -2.37. The van der Waals surface area contributed by atoms with Crippen molar-refractivity contribution in [1.29, 1.82) is 0 Å².